The van der Waals surface area contributed by atoms with Crippen molar-refractivity contribution in [2.75, 3.05) is 12.5 Å². The normalized spacial score (nSPS) is 11.8. The van der Waals surface area contributed by atoms with Gasteiger partial charge in [-0.2, -0.15) is 0 Å². The molecule has 0 aliphatic heterocycles. The van der Waals surface area contributed by atoms with E-state index in [4.69, 9.17) is 33.6 Å². The zero-order valence-corrected chi connectivity index (χ0v) is 15.0. The van der Waals surface area contributed by atoms with Gasteiger partial charge in [-0.1, -0.05) is 17.7 Å². The first kappa shape index (κ1) is 21.9. The van der Waals surface area contributed by atoms with Crippen molar-refractivity contribution in [3.05, 3.63) is 34.1 Å². The monoisotopic (exact) mass is 337 g/mol. The molecule has 9 heteroatoms. The van der Waals surface area contributed by atoms with Crippen LogP contribution in [-0.4, -0.2) is 37.2 Å². The molecule has 1 aromatic rings. The molecule has 1 unspecified atom stereocenters. The largest absolute Gasteiger partial charge is 1.00 e. The summed E-state index contributed by atoms with van der Waals surface area (Å²) in [5, 5.41) is 16.3. The number of aliphatic hydroxyl groups excluding tert-OH is 2. The summed E-state index contributed by atoms with van der Waals surface area (Å²) in [6.07, 6.45) is -0.744. The third-order valence-corrected chi connectivity index (χ3v) is 3.75. The van der Waals surface area contributed by atoms with Crippen molar-refractivity contribution in [2.45, 2.75) is 17.9 Å². The van der Waals surface area contributed by atoms with Gasteiger partial charge in [0.1, 0.15) is 10.0 Å². The minimum absolute atomic E-state index is 0. The summed E-state index contributed by atoms with van der Waals surface area (Å²) in [5.41, 5.74) is 0.989. The fourth-order valence-corrected chi connectivity index (χ4v) is 1.70. The predicted octanol–water partition coefficient (Wildman–Crippen LogP) is -1.21. The van der Waals surface area contributed by atoms with Crippen LogP contribution in [0.1, 0.15) is 5.56 Å². The van der Waals surface area contributed by atoms with Crippen LogP contribution in [0.25, 0.3) is 4.24 Å². The van der Waals surface area contributed by atoms with Gasteiger partial charge < -0.3 is 14.5 Å². The topological polar surface area (TPSA) is 88.7 Å². The smallest absolute Gasteiger partial charge is 0.458 e. The van der Waals surface area contributed by atoms with Crippen molar-refractivity contribution in [1.29, 1.82) is 0 Å². The Morgan fingerprint density at radius 3 is 2.05 bits per heavy atom. The third kappa shape index (κ3) is 9.23. The second kappa shape index (κ2) is 11.3. The average Bonchev–Trinajstić information content (AvgIpc) is 2.39. The van der Waals surface area contributed by atoms with Crippen molar-refractivity contribution in [3.8, 4) is 0 Å². The fraction of sp³-hybridized carbons (Fsp3) is 0.400. The fourth-order valence-electron chi connectivity index (χ4n) is 0.799. The van der Waals surface area contributed by atoms with E-state index in [2.05, 4.69) is 4.24 Å². The SMILES string of the molecule is Cc1ccc(S(=O)(=O)[N-]Cl)cc1.OCC(O)CCl.[Na+]. The standard InChI is InChI=1S/C7H7ClNO2S.C3H7ClO2.Na/c1-6-2-4-7(5-3-6)12(10,11)9-8;4-1-3(6)2-5;/h2-5H,1H3;3,5-6H,1-2H2;/q-1;;+1. The second-order valence-corrected chi connectivity index (χ2v) is 5.63. The van der Waals surface area contributed by atoms with Crippen LogP contribution in [0.3, 0.4) is 0 Å². The Morgan fingerprint density at radius 2 is 1.79 bits per heavy atom. The van der Waals surface area contributed by atoms with E-state index in [1.165, 1.54) is 12.1 Å². The van der Waals surface area contributed by atoms with Gasteiger partial charge in [-0.05, 0) is 19.1 Å². The van der Waals surface area contributed by atoms with Crippen LogP contribution in [0.5, 0.6) is 0 Å². The summed E-state index contributed by atoms with van der Waals surface area (Å²) in [6, 6.07) is 6.32. The molecule has 1 aromatic carbocycles. The first-order valence-corrected chi connectivity index (χ1v) is 7.18. The summed E-state index contributed by atoms with van der Waals surface area (Å²) in [5.74, 6) is 0.108. The minimum atomic E-state index is -3.62. The number of nitrogens with zero attached hydrogens (tertiary/aromatic N) is 1. The second-order valence-electron chi connectivity index (χ2n) is 3.35. The molecule has 0 spiro atoms. The molecule has 0 amide bonds. The number of hydrogen-bond donors (Lipinski definition) is 2. The average molecular weight is 338 g/mol. The molecular weight excluding hydrogens is 324 g/mol. The van der Waals surface area contributed by atoms with Gasteiger partial charge in [0.25, 0.3) is 0 Å². The molecule has 0 aliphatic carbocycles. The van der Waals surface area contributed by atoms with Gasteiger partial charge >= 0.3 is 29.6 Å². The molecule has 0 saturated carbocycles. The van der Waals surface area contributed by atoms with Gasteiger partial charge in [0, 0.05) is 4.90 Å². The third-order valence-electron chi connectivity index (χ3n) is 1.80. The molecule has 0 saturated heterocycles. The van der Waals surface area contributed by atoms with E-state index in [0.717, 1.165) is 5.56 Å². The van der Waals surface area contributed by atoms with E-state index < -0.39 is 16.1 Å². The maximum absolute atomic E-state index is 11.0. The summed E-state index contributed by atoms with van der Waals surface area (Å²) in [7, 11) is -3.62. The van der Waals surface area contributed by atoms with Gasteiger partial charge in [-0.15, -0.1) is 11.6 Å². The van der Waals surface area contributed by atoms with Crippen LogP contribution in [0.15, 0.2) is 29.2 Å². The van der Waals surface area contributed by atoms with Crippen LogP contribution in [-0.2, 0) is 10.0 Å². The maximum atomic E-state index is 11.0. The van der Waals surface area contributed by atoms with Crippen molar-refractivity contribution < 1.29 is 48.2 Å². The number of alkyl halides is 1. The van der Waals surface area contributed by atoms with Crippen LogP contribution < -0.4 is 29.6 Å². The van der Waals surface area contributed by atoms with E-state index >= 15 is 0 Å². The van der Waals surface area contributed by atoms with E-state index in [1.54, 1.807) is 12.1 Å². The first-order chi connectivity index (χ1) is 8.37. The van der Waals surface area contributed by atoms with E-state index in [9.17, 15) is 8.42 Å². The molecule has 5 nitrogen and oxygen atoms in total. The van der Waals surface area contributed by atoms with E-state index in [1.807, 2.05) is 6.92 Å². The van der Waals surface area contributed by atoms with Crippen LogP contribution >= 0.6 is 23.4 Å². The van der Waals surface area contributed by atoms with Crippen LogP contribution in [0.4, 0.5) is 0 Å². The maximum Gasteiger partial charge on any atom is 1.00 e. The number of benzene rings is 1. The summed E-state index contributed by atoms with van der Waals surface area (Å²) >= 11 is 9.95. The van der Waals surface area contributed by atoms with Gasteiger partial charge in [-0.3, -0.25) is 11.8 Å². The molecule has 0 bridgehead atoms. The Labute approximate surface area is 145 Å². The molecule has 0 heterocycles. The number of rotatable bonds is 4. The van der Waals surface area contributed by atoms with Crippen molar-refractivity contribution in [1.82, 2.24) is 0 Å². The zero-order valence-electron chi connectivity index (χ0n) is 10.6. The van der Waals surface area contributed by atoms with Gasteiger partial charge in [0.2, 0.25) is 0 Å². The zero-order chi connectivity index (χ0) is 14.2. The Morgan fingerprint density at radius 1 is 1.32 bits per heavy atom. The molecule has 0 radical (unpaired) electrons. The summed E-state index contributed by atoms with van der Waals surface area (Å²) < 4.78 is 24.8. The Kier molecular flexibility index (Phi) is 13.0. The predicted molar refractivity (Wildman–Crippen MR) is 71.4 cm³/mol. The van der Waals surface area contributed by atoms with Gasteiger partial charge in [0.05, 0.1) is 18.6 Å². The van der Waals surface area contributed by atoms with Crippen LogP contribution in [0, 0.1) is 6.92 Å². The number of aryl methyl sites for hydroxylation is 1. The van der Waals surface area contributed by atoms with Gasteiger partial charge in [0.15, 0.2) is 0 Å². The number of halogens is 2. The number of hydrogen-bond acceptors (Lipinski definition) is 4. The molecule has 0 fully saturated rings. The molecule has 2 N–H and O–H groups in total. The number of sulfonamides is 1. The molecule has 19 heavy (non-hydrogen) atoms. The molecule has 0 aromatic heterocycles. The molecule has 1 atom stereocenters. The van der Waals surface area contributed by atoms with E-state index in [-0.39, 0.29) is 46.9 Å². The molecule has 104 valence electrons. The van der Waals surface area contributed by atoms with Crippen molar-refractivity contribution in [3.63, 3.8) is 0 Å². The summed E-state index contributed by atoms with van der Waals surface area (Å²) in [4.78, 5) is 0.114. The molecule has 0 aliphatic rings. The number of aliphatic hydroxyl groups is 2. The molecular formula is C10H14Cl2NNaO4S. The molecule has 1 rings (SSSR count). The van der Waals surface area contributed by atoms with Crippen LogP contribution in [0.2, 0.25) is 0 Å². The van der Waals surface area contributed by atoms with Crippen molar-refractivity contribution in [2.24, 2.45) is 0 Å². The first-order valence-electron chi connectivity index (χ1n) is 4.87. The minimum Gasteiger partial charge on any atom is -0.458 e. The quantitative estimate of drug-likeness (QED) is 0.533. The van der Waals surface area contributed by atoms with Gasteiger partial charge in [-0.25, -0.2) is 8.42 Å². The Bertz CT molecular complexity index is 437. The Hall–Kier alpha value is 0.630. The van der Waals surface area contributed by atoms with Crippen molar-refractivity contribution >= 4 is 33.4 Å². The summed E-state index contributed by atoms with van der Waals surface area (Å²) in [6.45, 7) is 1.62. The van der Waals surface area contributed by atoms with E-state index in [0.29, 0.717) is 0 Å². The Balaban J connectivity index is 0.